The number of rotatable bonds is 4. The Hall–Kier alpha value is -1.39. The van der Waals surface area contributed by atoms with Crippen molar-refractivity contribution in [3.63, 3.8) is 0 Å². The van der Waals surface area contributed by atoms with Crippen molar-refractivity contribution >= 4 is 5.97 Å². The van der Waals surface area contributed by atoms with Crippen molar-refractivity contribution in [2.24, 2.45) is 0 Å². The number of benzene rings is 1. The van der Waals surface area contributed by atoms with Gasteiger partial charge in [-0.3, -0.25) is 9.69 Å². The molecule has 0 amide bonds. The van der Waals surface area contributed by atoms with E-state index < -0.39 is 0 Å². The van der Waals surface area contributed by atoms with E-state index in [0.717, 1.165) is 18.7 Å². The van der Waals surface area contributed by atoms with Gasteiger partial charge in [0.25, 0.3) is 0 Å². The summed E-state index contributed by atoms with van der Waals surface area (Å²) in [5.74, 6) is -0.171. The summed E-state index contributed by atoms with van der Waals surface area (Å²) in [6.45, 7) is 3.72. The molecule has 1 aliphatic rings. The Morgan fingerprint density at radius 1 is 1.24 bits per heavy atom. The van der Waals surface area contributed by atoms with Gasteiger partial charge in [-0.2, -0.15) is 0 Å². The predicted octanol–water partition coefficient (Wildman–Crippen LogP) is 1.06. The van der Waals surface area contributed by atoms with Gasteiger partial charge in [-0.05, 0) is 5.56 Å². The molecular formula is C13H17NO3. The van der Waals surface area contributed by atoms with Crippen molar-refractivity contribution < 1.29 is 14.3 Å². The van der Waals surface area contributed by atoms with E-state index in [0.29, 0.717) is 26.4 Å². The van der Waals surface area contributed by atoms with Crippen LogP contribution in [0.15, 0.2) is 30.3 Å². The van der Waals surface area contributed by atoms with Crippen LogP contribution in [0.5, 0.6) is 0 Å². The predicted molar refractivity (Wildman–Crippen MR) is 63.5 cm³/mol. The second-order valence-corrected chi connectivity index (χ2v) is 4.03. The Morgan fingerprint density at radius 2 is 1.94 bits per heavy atom. The lowest BCUT2D eigenvalue weighted by Gasteiger charge is -2.25. The number of nitrogens with zero attached hydrogens (tertiary/aromatic N) is 1. The molecule has 1 aromatic rings. The number of hydrogen-bond acceptors (Lipinski definition) is 4. The molecule has 0 spiro atoms. The van der Waals surface area contributed by atoms with Gasteiger partial charge in [0.1, 0.15) is 6.61 Å². The van der Waals surface area contributed by atoms with E-state index in [1.165, 1.54) is 0 Å². The van der Waals surface area contributed by atoms with Gasteiger partial charge < -0.3 is 9.47 Å². The van der Waals surface area contributed by atoms with Gasteiger partial charge in [-0.15, -0.1) is 0 Å². The molecule has 1 aromatic carbocycles. The first-order valence-corrected chi connectivity index (χ1v) is 5.84. The number of carbonyl (C=O) groups is 1. The molecule has 2 rings (SSSR count). The molecule has 1 saturated heterocycles. The molecule has 0 N–H and O–H groups in total. The van der Waals surface area contributed by atoms with E-state index in [-0.39, 0.29) is 5.97 Å². The fraction of sp³-hybridized carbons (Fsp3) is 0.462. The first kappa shape index (κ1) is 12.1. The molecule has 4 nitrogen and oxygen atoms in total. The summed E-state index contributed by atoms with van der Waals surface area (Å²) in [4.78, 5) is 13.6. The first-order valence-electron chi connectivity index (χ1n) is 5.84. The Morgan fingerprint density at radius 3 is 2.65 bits per heavy atom. The average molecular weight is 235 g/mol. The summed E-state index contributed by atoms with van der Waals surface area (Å²) >= 11 is 0. The SMILES string of the molecule is O=C(CN1CCOCC1)OCc1ccccc1. The van der Waals surface area contributed by atoms with Crippen molar-refractivity contribution in [3.05, 3.63) is 35.9 Å². The van der Waals surface area contributed by atoms with Crippen molar-refractivity contribution in [1.29, 1.82) is 0 Å². The van der Waals surface area contributed by atoms with Crippen molar-refractivity contribution in [2.75, 3.05) is 32.8 Å². The zero-order valence-electron chi connectivity index (χ0n) is 9.80. The number of ether oxygens (including phenoxy) is 2. The van der Waals surface area contributed by atoms with Gasteiger partial charge in [-0.25, -0.2) is 0 Å². The van der Waals surface area contributed by atoms with E-state index in [1.807, 2.05) is 30.3 Å². The highest BCUT2D eigenvalue weighted by Crippen LogP contribution is 2.02. The summed E-state index contributed by atoms with van der Waals surface area (Å²) < 4.78 is 10.4. The van der Waals surface area contributed by atoms with E-state index in [9.17, 15) is 4.79 Å². The number of morpholine rings is 1. The molecule has 0 bridgehead atoms. The highest BCUT2D eigenvalue weighted by atomic mass is 16.5. The van der Waals surface area contributed by atoms with Crippen molar-refractivity contribution in [2.45, 2.75) is 6.61 Å². The third kappa shape index (κ3) is 4.17. The second-order valence-electron chi connectivity index (χ2n) is 4.03. The Bertz CT molecular complexity index is 347. The minimum Gasteiger partial charge on any atom is -0.460 e. The number of esters is 1. The lowest BCUT2D eigenvalue weighted by atomic mass is 10.2. The maximum absolute atomic E-state index is 11.6. The smallest absolute Gasteiger partial charge is 0.320 e. The topological polar surface area (TPSA) is 38.8 Å². The average Bonchev–Trinajstić information content (AvgIpc) is 2.39. The maximum Gasteiger partial charge on any atom is 0.320 e. The highest BCUT2D eigenvalue weighted by Gasteiger charge is 2.14. The van der Waals surface area contributed by atoms with Crippen LogP contribution in [0.4, 0.5) is 0 Å². The molecule has 0 aromatic heterocycles. The van der Waals surface area contributed by atoms with Gasteiger partial charge in [0.2, 0.25) is 0 Å². The van der Waals surface area contributed by atoms with Gasteiger partial charge in [0, 0.05) is 13.1 Å². The van der Waals surface area contributed by atoms with Crippen LogP contribution in [0.25, 0.3) is 0 Å². The van der Waals surface area contributed by atoms with Gasteiger partial charge in [-0.1, -0.05) is 30.3 Å². The van der Waals surface area contributed by atoms with E-state index >= 15 is 0 Å². The molecule has 0 atom stereocenters. The minimum atomic E-state index is -0.171. The van der Waals surface area contributed by atoms with Gasteiger partial charge >= 0.3 is 5.97 Å². The Kier molecular flexibility index (Phi) is 4.53. The van der Waals surface area contributed by atoms with Gasteiger partial charge in [0.05, 0.1) is 19.8 Å². The van der Waals surface area contributed by atoms with Gasteiger partial charge in [0.15, 0.2) is 0 Å². The zero-order valence-corrected chi connectivity index (χ0v) is 9.80. The summed E-state index contributed by atoms with van der Waals surface area (Å²) in [5, 5.41) is 0. The first-order chi connectivity index (χ1) is 8.34. The molecule has 17 heavy (non-hydrogen) atoms. The summed E-state index contributed by atoms with van der Waals surface area (Å²) in [6.07, 6.45) is 0. The minimum absolute atomic E-state index is 0.171. The van der Waals surface area contributed by atoms with Crippen LogP contribution < -0.4 is 0 Å². The van der Waals surface area contributed by atoms with Crippen LogP contribution in [0.3, 0.4) is 0 Å². The van der Waals surface area contributed by atoms with E-state index in [2.05, 4.69) is 4.90 Å². The number of hydrogen-bond donors (Lipinski definition) is 0. The normalized spacial score (nSPS) is 16.7. The molecule has 0 radical (unpaired) electrons. The third-order valence-electron chi connectivity index (χ3n) is 2.70. The summed E-state index contributed by atoms with van der Waals surface area (Å²) in [6, 6.07) is 9.71. The monoisotopic (exact) mass is 235 g/mol. The lowest BCUT2D eigenvalue weighted by Crippen LogP contribution is -2.40. The molecule has 0 aliphatic carbocycles. The molecule has 1 fully saturated rings. The molecule has 1 aliphatic heterocycles. The Labute approximate surface area is 101 Å². The van der Waals surface area contributed by atoms with Crippen LogP contribution >= 0.6 is 0 Å². The Balaban J connectivity index is 1.70. The lowest BCUT2D eigenvalue weighted by molar-refractivity contribution is -0.147. The van der Waals surface area contributed by atoms with Crippen molar-refractivity contribution in [3.8, 4) is 0 Å². The zero-order chi connectivity index (χ0) is 11.9. The molecule has 0 saturated carbocycles. The molecule has 92 valence electrons. The molecule has 4 heteroatoms. The van der Waals surface area contributed by atoms with E-state index in [4.69, 9.17) is 9.47 Å². The maximum atomic E-state index is 11.6. The summed E-state index contributed by atoms with van der Waals surface area (Å²) in [5.41, 5.74) is 1.02. The van der Waals surface area contributed by atoms with E-state index in [1.54, 1.807) is 0 Å². The van der Waals surface area contributed by atoms with Crippen LogP contribution in [-0.2, 0) is 20.9 Å². The molecule has 1 heterocycles. The quantitative estimate of drug-likeness (QED) is 0.732. The highest BCUT2D eigenvalue weighted by molar-refractivity contribution is 5.71. The fourth-order valence-corrected chi connectivity index (χ4v) is 1.73. The van der Waals surface area contributed by atoms with Crippen LogP contribution in [-0.4, -0.2) is 43.7 Å². The van der Waals surface area contributed by atoms with Crippen LogP contribution in [0, 0.1) is 0 Å². The molecular weight excluding hydrogens is 218 g/mol. The second kappa shape index (κ2) is 6.37. The number of carbonyl (C=O) groups excluding carboxylic acids is 1. The fourth-order valence-electron chi connectivity index (χ4n) is 1.73. The largest absolute Gasteiger partial charge is 0.460 e. The standard InChI is InChI=1S/C13H17NO3/c15-13(10-14-6-8-16-9-7-14)17-11-12-4-2-1-3-5-12/h1-5H,6-11H2. The summed E-state index contributed by atoms with van der Waals surface area (Å²) in [7, 11) is 0. The third-order valence-corrected chi connectivity index (χ3v) is 2.70. The van der Waals surface area contributed by atoms with Crippen molar-refractivity contribution in [1.82, 2.24) is 4.90 Å². The molecule has 0 unspecified atom stereocenters. The van der Waals surface area contributed by atoms with Crippen LogP contribution in [0.1, 0.15) is 5.56 Å². The van der Waals surface area contributed by atoms with Crippen LogP contribution in [0.2, 0.25) is 0 Å².